The standard InChI is InChI=1S/C12H22N2OS/c1-2-5-10(12(13)16)14-11(15)8-9-6-3-4-7-9/h9-10H,2-8H2,1H3,(H2,13,16)(H,14,15). The molecule has 0 aromatic heterocycles. The van der Waals surface area contributed by atoms with Crippen LogP contribution in [0, 0.1) is 5.92 Å². The Hall–Kier alpha value is -0.640. The zero-order chi connectivity index (χ0) is 12.0. The van der Waals surface area contributed by atoms with E-state index in [0.29, 0.717) is 17.3 Å². The van der Waals surface area contributed by atoms with Gasteiger partial charge in [-0.15, -0.1) is 0 Å². The highest BCUT2D eigenvalue weighted by Gasteiger charge is 2.20. The first-order valence-electron chi connectivity index (χ1n) is 6.22. The van der Waals surface area contributed by atoms with Crippen LogP contribution in [0.4, 0.5) is 0 Å². The molecule has 0 radical (unpaired) electrons. The van der Waals surface area contributed by atoms with Crippen molar-refractivity contribution in [2.75, 3.05) is 0 Å². The maximum absolute atomic E-state index is 11.8. The van der Waals surface area contributed by atoms with Gasteiger partial charge in [0.15, 0.2) is 0 Å². The molecule has 0 aliphatic heterocycles. The minimum Gasteiger partial charge on any atom is -0.392 e. The predicted octanol–water partition coefficient (Wildman–Crippen LogP) is 2.14. The van der Waals surface area contributed by atoms with Gasteiger partial charge < -0.3 is 11.1 Å². The molecule has 1 fully saturated rings. The van der Waals surface area contributed by atoms with Crippen molar-refractivity contribution < 1.29 is 4.79 Å². The number of amides is 1. The minimum atomic E-state index is -0.117. The van der Waals surface area contributed by atoms with Gasteiger partial charge in [0, 0.05) is 6.42 Å². The largest absolute Gasteiger partial charge is 0.392 e. The Kier molecular flexibility index (Phi) is 5.74. The number of rotatable bonds is 6. The lowest BCUT2D eigenvalue weighted by Crippen LogP contribution is -2.43. The van der Waals surface area contributed by atoms with Crippen molar-refractivity contribution in [3.63, 3.8) is 0 Å². The van der Waals surface area contributed by atoms with Crippen molar-refractivity contribution >= 4 is 23.1 Å². The number of carbonyl (C=O) groups excluding carboxylic acids is 1. The van der Waals surface area contributed by atoms with E-state index in [1.165, 1.54) is 25.7 Å². The molecule has 4 heteroatoms. The van der Waals surface area contributed by atoms with E-state index in [2.05, 4.69) is 12.2 Å². The Balaban J connectivity index is 2.32. The van der Waals surface area contributed by atoms with Crippen LogP contribution in [0.2, 0.25) is 0 Å². The van der Waals surface area contributed by atoms with E-state index in [4.69, 9.17) is 18.0 Å². The van der Waals surface area contributed by atoms with Gasteiger partial charge in [0.05, 0.1) is 11.0 Å². The Bertz CT molecular complexity index is 249. The summed E-state index contributed by atoms with van der Waals surface area (Å²) in [5.41, 5.74) is 5.60. The average Bonchev–Trinajstić information content (AvgIpc) is 2.69. The molecule has 0 bridgehead atoms. The SMILES string of the molecule is CCCC(NC(=O)CC1CCCC1)C(N)=S. The highest BCUT2D eigenvalue weighted by molar-refractivity contribution is 7.80. The lowest BCUT2D eigenvalue weighted by Gasteiger charge is -2.18. The Morgan fingerprint density at radius 3 is 2.62 bits per heavy atom. The molecule has 1 aliphatic rings. The number of nitrogens with one attached hydrogen (secondary N) is 1. The van der Waals surface area contributed by atoms with Crippen molar-refractivity contribution in [2.24, 2.45) is 11.7 Å². The molecule has 1 saturated carbocycles. The first-order valence-corrected chi connectivity index (χ1v) is 6.63. The third kappa shape index (κ3) is 4.47. The van der Waals surface area contributed by atoms with Crippen LogP contribution in [0.1, 0.15) is 51.9 Å². The smallest absolute Gasteiger partial charge is 0.220 e. The van der Waals surface area contributed by atoms with Crippen molar-refractivity contribution in [3.05, 3.63) is 0 Å². The Morgan fingerprint density at radius 1 is 1.50 bits per heavy atom. The minimum absolute atomic E-state index is 0.109. The molecule has 1 amide bonds. The Labute approximate surface area is 103 Å². The summed E-state index contributed by atoms with van der Waals surface area (Å²) >= 11 is 4.95. The summed E-state index contributed by atoms with van der Waals surface area (Å²) in [5, 5.41) is 2.94. The fourth-order valence-electron chi connectivity index (χ4n) is 2.30. The molecule has 1 unspecified atom stereocenters. The summed E-state index contributed by atoms with van der Waals surface area (Å²) in [7, 11) is 0. The van der Waals surface area contributed by atoms with Crippen LogP contribution in [0.5, 0.6) is 0 Å². The predicted molar refractivity (Wildman–Crippen MR) is 70.2 cm³/mol. The number of hydrogen-bond acceptors (Lipinski definition) is 2. The maximum Gasteiger partial charge on any atom is 0.220 e. The average molecular weight is 242 g/mol. The van der Waals surface area contributed by atoms with Crippen molar-refractivity contribution in [2.45, 2.75) is 57.9 Å². The van der Waals surface area contributed by atoms with E-state index in [-0.39, 0.29) is 11.9 Å². The van der Waals surface area contributed by atoms with Gasteiger partial charge in [-0.05, 0) is 25.2 Å². The molecule has 1 atom stereocenters. The fourth-order valence-corrected chi connectivity index (χ4v) is 2.48. The quantitative estimate of drug-likeness (QED) is 0.702. The molecule has 0 aromatic rings. The van der Waals surface area contributed by atoms with Gasteiger partial charge in [-0.3, -0.25) is 4.79 Å². The molecule has 0 heterocycles. The van der Waals surface area contributed by atoms with E-state index in [1.807, 2.05) is 0 Å². The number of hydrogen-bond donors (Lipinski definition) is 2. The van der Waals surface area contributed by atoms with Gasteiger partial charge in [-0.1, -0.05) is 38.4 Å². The number of thiocarbonyl (C=S) groups is 1. The molecule has 92 valence electrons. The van der Waals surface area contributed by atoms with E-state index >= 15 is 0 Å². The van der Waals surface area contributed by atoms with Crippen LogP contribution in [0.25, 0.3) is 0 Å². The van der Waals surface area contributed by atoms with E-state index < -0.39 is 0 Å². The molecule has 0 spiro atoms. The second kappa shape index (κ2) is 6.84. The van der Waals surface area contributed by atoms with Crippen molar-refractivity contribution in [1.29, 1.82) is 0 Å². The first kappa shape index (κ1) is 13.4. The van der Waals surface area contributed by atoms with E-state index in [1.54, 1.807) is 0 Å². The molecule has 0 saturated heterocycles. The van der Waals surface area contributed by atoms with E-state index in [0.717, 1.165) is 12.8 Å². The zero-order valence-electron chi connectivity index (χ0n) is 10.00. The second-order valence-electron chi connectivity index (χ2n) is 4.67. The summed E-state index contributed by atoms with van der Waals surface area (Å²) in [4.78, 5) is 12.2. The molecule has 3 nitrogen and oxygen atoms in total. The third-order valence-corrected chi connectivity index (χ3v) is 3.49. The van der Waals surface area contributed by atoms with Crippen LogP contribution >= 0.6 is 12.2 Å². The molecule has 1 aliphatic carbocycles. The molecular formula is C12H22N2OS. The second-order valence-corrected chi connectivity index (χ2v) is 5.14. The molecule has 3 N–H and O–H groups in total. The van der Waals surface area contributed by atoms with Crippen LogP contribution in [0.3, 0.4) is 0 Å². The lowest BCUT2D eigenvalue weighted by atomic mass is 10.0. The highest BCUT2D eigenvalue weighted by atomic mass is 32.1. The first-order chi connectivity index (χ1) is 7.63. The summed E-state index contributed by atoms with van der Waals surface area (Å²) in [6.45, 7) is 2.06. The van der Waals surface area contributed by atoms with Crippen molar-refractivity contribution in [1.82, 2.24) is 5.32 Å². The van der Waals surface area contributed by atoms with Crippen LogP contribution in [0.15, 0.2) is 0 Å². The third-order valence-electron chi connectivity index (χ3n) is 3.20. The summed E-state index contributed by atoms with van der Waals surface area (Å²) in [6, 6.07) is -0.117. The van der Waals surface area contributed by atoms with Gasteiger partial charge in [-0.2, -0.15) is 0 Å². The number of nitrogens with two attached hydrogens (primary N) is 1. The zero-order valence-corrected chi connectivity index (χ0v) is 10.8. The van der Waals surface area contributed by atoms with Gasteiger partial charge in [0.1, 0.15) is 0 Å². The number of carbonyl (C=O) groups is 1. The van der Waals surface area contributed by atoms with Crippen LogP contribution < -0.4 is 11.1 Å². The van der Waals surface area contributed by atoms with Gasteiger partial charge >= 0.3 is 0 Å². The Morgan fingerprint density at radius 2 is 2.12 bits per heavy atom. The van der Waals surface area contributed by atoms with Gasteiger partial charge in [-0.25, -0.2) is 0 Å². The molecule has 16 heavy (non-hydrogen) atoms. The van der Waals surface area contributed by atoms with Crippen LogP contribution in [-0.2, 0) is 4.79 Å². The maximum atomic E-state index is 11.8. The van der Waals surface area contributed by atoms with E-state index in [9.17, 15) is 4.79 Å². The van der Waals surface area contributed by atoms with Crippen molar-refractivity contribution in [3.8, 4) is 0 Å². The van der Waals surface area contributed by atoms with Gasteiger partial charge in [0.25, 0.3) is 0 Å². The topological polar surface area (TPSA) is 55.1 Å². The highest BCUT2D eigenvalue weighted by Crippen LogP contribution is 2.27. The summed E-state index contributed by atoms with van der Waals surface area (Å²) in [6.07, 6.45) is 7.38. The fraction of sp³-hybridized carbons (Fsp3) is 0.833. The summed E-state index contributed by atoms with van der Waals surface area (Å²) < 4.78 is 0. The van der Waals surface area contributed by atoms with Gasteiger partial charge in [0.2, 0.25) is 5.91 Å². The monoisotopic (exact) mass is 242 g/mol. The van der Waals surface area contributed by atoms with Crippen LogP contribution in [-0.4, -0.2) is 16.9 Å². The molecule has 0 aromatic carbocycles. The normalized spacial score (nSPS) is 18.3. The molecule has 1 rings (SSSR count). The molecular weight excluding hydrogens is 220 g/mol. The summed E-state index contributed by atoms with van der Waals surface area (Å²) in [5.74, 6) is 0.687. The lowest BCUT2D eigenvalue weighted by molar-refractivity contribution is -0.122.